The van der Waals surface area contributed by atoms with E-state index in [-0.39, 0.29) is 11.6 Å². The van der Waals surface area contributed by atoms with Gasteiger partial charge >= 0.3 is 0 Å². The zero-order valence-corrected chi connectivity index (χ0v) is 20.7. The number of hydrogen-bond donors (Lipinski definition) is 0. The van der Waals surface area contributed by atoms with E-state index in [1.165, 1.54) is 0 Å². The molecular formula is C28H20Br2O3. The van der Waals surface area contributed by atoms with E-state index in [2.05, 4.69) is 31.9 Å². The van der Waals surface area contributed by atoms with Gasteiger partial charge in [-0.1, -0.05) is 92.5 Å². The van der Waals surface area contributed by atoms with Crippen molar-refractivity contribution < 1.29 is 14.3 Å². The molecule has 0 amide bonds. The topological polar surface area (TPSA) is 43.4 Å². The van der Waals surface area contributed by atoms with Gasteiger partial charge in [0.15, 0.2) is 11.6 Å². The molecule has 33 heavy (non-hydrogen) atoms. The van der Waals surface area contributed by atoms with Gasteiger partial charge in [-0.3, -0.25) is 9.59 Å². The molecule has 3 nitrogen and oxygen atoms in total. The number of hydrogen-bond acceptors (Lipinski definition) is 3. The molecule has 164 valence electrons. The van der Waals surface area contributed by atoms with E-state index in [1.54, 1.807) is 48.5 Å². The van der Waals surface area contributed by atoms with Crippen LogP contribution >= 0.6 is 31.9 Å². The van der Waals surface area contributed by atoms with Crippen molar-refractivity contribution in [2.45, 2.75) is 9.65 Å². The third kappa shape index (κ3) is 5.67. The fraction of sp³-hybridized carbons (Fsp3) is 0.0714. The molecule has 0 radical (unpaired) electrons. The van der Waals surface area contributed by atoms with Crippen LogP contribution in [0, 0.1) is 0 Å². The summed E-state index contributed by atoms with van der Waals surface area (Å²) in [7, 11) is 0. The van der Waals surface area contributed by atoms with Crippen molar-refractivity contribution in [2.75, 3.05) is 0 Å². The van der Waals surface area contributed by atoms with Gasteiger partial charge in [-0.2, -0.15) is 0 Å². The Kier molecular flexibility index (Phi) is 7.53. The first-order valence-corrected chi connectivity index (χ1v) is 12.2. The first kappa shape index (κ1) is 23.1. The molecule has 4 rings (SSSR count). The molecule has 0 aliphatic rings. The number of Topliss-reactive ketones (excluding diaryl/α,β-unsaturated/α-hetero) is 2. The summed E-state index contributed by atoms with van der Waals surface area (Å²) in [6.45, 7) is 0. The maximum atomic E-state index is 12.8. The number of ketones is 2. The van der Waals surface area contributed by atoms with Gasteiger partial charge in [0.05, 0.1) is 0 Å². The Morgan fingerprint density at radius 3 is 1.18 bits per heavy atom. The molecule has 4 aromatic carbocycles. The van der Waals surface area contributed by atoms with Crippen LogP contribution in [0.3, 0.4) is 0 Å². The minimum absolute atomic E-state index is 0.0154. The molecule has 4 aromatic rings. The zero-order chi connectivity index (χ0) is 23.2. The lowest BCUT2D eigenvalue weighted by Crippen LogP contribution is -2.07. The van der Waals surface area contributed by atoms with Gasteiger partial charge in [0.2, 0.25) is 0 Å². The van der Waals surface area contributed by atoms with Gasteiger partial charge in [-0.05, 0) is 59.7 Å². The highest BCUT2D eigenvalue weighted by atomic mass is 79.9. The number of carbonyl (C=O) groups is 2. The van der Waals surface area contributed by atoms with Crippen LogP contribution in [-0.4, -0.2) is 11.6 Å². The standard InChI is InChI=1S/C28H20Br2O3/c29-25(19-7-3-1-4-8-19)27(31)21-11-15-23(16-12-21)33-24-17-13-22(14-18-24)28(32)26(30)20-9-5-2-6-10-20/h1-18,25-26H. The summed E-state index contributed by atoms with van der Waals surface area (Å²) < 4.78 is 5.89. The second-order valence-corrected chi connectivity index (χ2v) is 9.26. The number of alkyl halides is 2. The van der Waals surface area contributed by atoms with Crippen molar-refractivity contribution >= 4 is 43.4 Å². The van der Waals surface area contributed by atoms with Crippen LogP contribution in [0.1, 0.15) is 41.5 Å². The zero-order valence-electron chi connectivity index (χ0n) is 17.5. The van der Waals surface area contributed by atoms with Crippen LogP contribution in [0.4, 0.5) is 0 Å². The number of benzene rings is 4. The summed E-state index contributed by atoms with van der Waals surface area (Å²) in [5.41, 5.74) is 3.02. The second-order valence-electron chi connectivity index (χ2n) is 7.43. The van der Waals surface area contributed by atoms with E-state index in [0.717, 1.165) is 11.1 Å². The van der Waals surface area contributed by atoms with Crippen LogP contribution in [-0.2, 0) is 0 Å². The monoisotopic (exact) mass is 562 g/mol. The van der Waals surface area contributed by atoms with Crippen molar-refractivity contribution in [1.82, 2.24) is 0 Å². The molecule has 0 bridgehead atoms. The third-order valence-corrected chi connectivity index (χ3v) is 7.05. The summed E-state index contributed by atoms with van der Waals surface area (Å²) in [5.74, 6) is 1.19. The Morgan fingerprint density at radius 1 is 0.515 bits per heavy atom. The van der Waals surface area contributed by atoms with Crippen LogP contribution in [0.15, 0.2) is 109 Å². The van der Waals surface area contributed by atoms with Gasteiger partial charge in [-0.25, -0.2) is 0 Å². The van der Waals surface area contributed by atoms with E-state index in [1.807, 2.05) is 60.7 Å². The summed E-state index contributed by atoms with van der Waals surface area (Å²) in [6, 6.07) is 33.2. The molecule has 0 saturated carbocycles. The molecule has 0 aromatic heterocycles. The second kappa shape index (κ2) is 10.7. The van der Waals surface area contributed by atoms with E-state index in [4.69, 9.17) is 4.74 Å². The highest BCUT2D eigenvalue weighted by Crippen LogP contribution is 2.30. The molecule has 0 heterocycles. The first-order valence-electron chi connectivity index (χ1n) is 10.4. The number of rotatable bonds is 8. The predicted octanol–water partition coefficient (Wildman–Crippen LogP) is 8.12. The minimum atomic E-state index is -0.398. The molecule has 2 atom stereocenters. The molecule has 0 aliphatic carbocycles. The van der Waals surface area contributed by atoms with E-state index >= 15 is 0 Å². The molecule has 0 saturated heterocycles. The molecule has 5 heteroatoms. The van der Waals surface area contributed by atoms with Crippen LogP contribution in [0.5, 0.6) is 11.5 Å². The Balaban J connectivity index is 1.40. The van der Waals surface area contributed by atoms with Crippen molar-refractivity contribution in [3.63, 3.8) is 0 Å². The van der Waals surface area contributed by atoms with Gasteiger partial charge in [0.25, 0.3) is 0 Å². The first-order chi connectivity index (χ1) is 16.0. The molecule has 2 unspecified atom stereocenters. The molecular weight excluding hydrogens is 544 g/mol. The lowest BCUT2D eigenvalue weighted by atomic mass is 10.0. The lowest BCUT2D eigenvalue weighted by molar-refractivity contribution is 0.0983. The van der Waals surface area contributed by atoms with Crippen LogP contribution in [0.2, 0.25) is 0 Å². The molecule has 0 spiro atoms. The lowest BCUT2D eigenvalue weighted by Gasteiger charge is -2.11. The van der Waals surface area contributed by atoms with Crippen molar-refractivity contribution in [3.05, 3.63) is 131 Å². The van der Waals surface area contributed by atoms with Gasteiger partial charge < -0.3 is 4.74 Å². The number of halogens is 2. The minimum Gasteiger partial charge on any atom is -0.457 e. The SMILES string of the molecule is O=C(c1ccc(Oc2ccc(C(=O)C(Br)c3ccccc3)cc2)cc1)C(Br)c1ccccc1. The third-order valence-electron chi connectivity index (χ3n) is 5.16. The number of carbonyl (C=O) groups excluding carboxylic acids is 2. The fourth-order valence-electron chi connectivity index (χ4n) is 3.35. The van der Waals surface area contributed by atoms with Gasteiger partial charge in [0, 0.05) is 11.1 Å². The Bertz CT molecular complexity index is 1120. The fourth-order valence-corrected chi connectivity index (χ4v) is 4.49. The highest BCUT2D eigenvalue weighted by molar-refractivity contribution is 9.09. The largest absolute Gasteiger partial charge is 0.457 e. The Labute approximate surface area is 209 Å². The van der Waals surface area contributed by atoms with E-state index in [0.29, 0.717) is 22.6 Å². The van der Waals surface area contributed by atoms with Crippen LogP contribution in [0.25, 0.3) is 0 Å². The van der Waals surface area contributed by atoms with Gasteiger partial charge in [0.1, 0.15) is 21.2 Å². The number of ether oxygens (including phenoxy) is 1. The Hall–Kier alpha value is -3.02. The molecule has 0 N–H and O–H groups in total. The quantitative estimate of drug-likeness (QED) is 0.160. The van der Waals surface area contributed by atoms with E-state index in [9.17, 15) is 9.59 Å². The Morgan fingerprint density at radius 2 is 0.848 bits per heavy atom. The summed E-state index contributed by atoms with van der Waals surface area (Å²) in [5, 5.41) is 0. The van der Waals surface area contributed by atoms with E-state index < -0.39 is 9.65 Å². The van der Waals surface area contributed by atoms with Crippen molar-refractivity contribution in [2.24, 2.45) is 0 Å². The summed E-state index contributed by atoms with van der Waals surface area (Å²) in [6.07, 6.45) is 0. The maximum Gasteiger partial charge on any atom is 0.180 e. The highest BCUT2D eigenvalue weighted by Gasteiger charge is 2.20. The predicted molar refractivity (Wildman–Crippen MR) is 138 cm³/mol. The molecule has 0 fully saturated rings. The summed E-state index contributed by atoms with van der Waals surface area (Å²) in [4.78, 5) is 24.7. The smallest absolute Gasteiger partial charge is 0.180 e. The van der Waals surface area contributed by atoms with Gasteiger partial charge in [-0.15, -0.1) is 0 Å². The average Bonchev–Trinajstić information content (AvgIpc) is 2.89. The maximum absolute atomic E-state index is 12.8. The van der Waals surface area contributed by atoms with Crippen molar-refractivity contribution in [3.8, 4) is 11.5 Å². The van der Waals surface area contributed by atoms with Crippen molar-refractivity contribution in [1.29, 1.82) is 0 Å². The molecule has 0 aliphatic heterocycles. The van der Waals surface area contributed by atoms with Crippen LogP contribution < -0.4 is 4.74 Å². The normalized spacial score (nSPS) is 12.5. The average molecular weight is 564 g/mol. The summed E-state index contributed by atoms with van der Waals surface area (Å²) >= 11 is 6.98.